The normalized spacial score (nSPS) is 10.1. The second kappa shape index (κ2) is 3.80. The van der Waals surface area contributed by atoms with Crippen molar-refractivity contribution in [1.29, 1.82) is 0 Å². The average molecular weight is 250 g/mol. The van der Waals surface area contributed by atoms with Crippen molar-refractivity contribution in [3.63, 3.8) is 0 Å². The number of carbonyl (C=O) groups excluding carboxylic acids is 1. The highest BCUT2D eigenvalue weighted by atomic mass is 79.9. The molecule has 0 amide bonds. The van der Waals surface area contributed by atoms with Gasteiger partial charge in [-0.15, -0.1) is 0 Å². The maximum atomic E-state index is 11.8. The first kappa shape index (κ1) is 9.21. The average Bonchev–Trinajstić information content (AvgIpc) is 2.69. The SMILES string of the molecule is O=C(c1cccc(Br)c1)n1cccc1. The Morgan fingerprint density at radius 2 is 1.86 bits per heavy atom. The zero-order valence-electron chi connectivity index (χ0n) is 7.35. The molecule has 0 aliphatic heterocycles. The van der Waals surface area contributed by atoms with Crippen LogP contribution >= 0.6 is 15.9 Å². The first-order chi connectivity index (χ1) is 6.77. The monoisotopic (exact) mass is 249 g/mol. The predicted molar refractivity (Wildman–Crippen MR) is 58.3 cm³/mol. The Balaban J connectivity index is 2.37. The van der Waals surface area contributed by atoms with Crippen molar-refractivity contribution in [2.24, 2.45) is 0 Å². The van der Waals surface area contributed by atoms with Gasteiger partial charge in [0.1, 0.15) is 0 Å². The quantitative estimate of drug-likeness (QED) is 0.762. The van der Waals surface area contributed by atoms with Crippen molar-refractivity contribution in [2.45, 2.75) is 0 Å². The Hall–Kier alpha value is -1.35. The van der Waals surface area contributed by atoms with E-state index in [9.17, 15) is 4.79 Å². The zero-order chi connectivity index (χ0) is 9.97. The summed E-state index contributed by atoms with van der Waals surface area (Å²) in [5.41, 5.74) is 0.676. The molecule has 0 spiro atoms. The van der Waals surface area contributed by atoms with E-state index in [-0.39, 0.29) is 5.91 Å². The van der Waals surface area contributed by atoms with Crippen molar-refractivity contribution >= 4 is 21.8 Å². The minimum atomic E-state index is -0.0173. The second-order valence-corrected chi connectivity index (χ2v) is 3.82. The fraction of sp³-hybridized carbons (Fsp3) is 0. The molecule has 0 bridgehead atoms. The lowest BCUT2D eigenvalue weighted by atomic mass is 10.2. The molecule has 2 aromatic rings. The van der Waals surface area contributed by atoms with E-state index in [0.717, 1.165) is 4.47 Å². The van der Waals surface area contributed by atoms with Crippen molar-refractivity contribution in [2.75, 3.05) is 0 Å². The van der Waals surface area contributed by atoms with Crippen LogP contribution in [0.25, 0.3) is 0 Å². The topological polar surface area (TPSA) is 22.0 Å². The van der Waals surface area contributed by atoms with Gasteiger partial charge in [-0.25, -0.2) is 0 Å². The van der Waals surface area contributed by atoms with Crippen LogP contribution in [0.1, 0.15) is 10.4 Å². The second-order valence-electron chi connectivity index (χ2n) is 2.91. The molecule has 1 aromatic carbocycles. The predicted octanol–water partition coefficient (Wildman–Crippen LogP) is 2.94. The van der Waals surface area contributed by atoms with Gasteiger partial charge in [0.25, 0.3) is 5.91 Å². The van der Waals surface area contributed by atoms with Crippen LogP contribution in [0.5, 0.6) is 0 Å². The molecule has 0 radical (unpaired) electrons. The molecule has 0 saturated carbocycles. The molecular formula is C11H8BrNO. The summed E-state index contributed by atoms with van der Waals surface area (Å²) >= 11 is 3.33. The molecule has 2 rings (SSSR count). The van der Waals surface area contributed by atoms with Crippen molar-refractivity contribution in [1.82, 2.24) is 4.57 Å². The number of hydrogen-bond donors (Lipinski definition) is 0. The molecule has 0 unspecified atom stereocenters. The van der Waals surface area contributed by atoms with Crippen LogP contribution in [0.3, 0.4) is 0 Å². The Labute approximate surface area is 90.3 Å². The van der Waals surface area contributed by atoms with Gasteiger partial charge in [0.2, 0.25) is 0 Å². The number of aromatic nitrogens is 1. The summed E-state index contributed by atoms with van der Waals surface area (Å²) in [6, 6.07) is 11.0. The van der Waals surface area contributed by atoms with E-state index in [1.807, 2.05) is 30.3 Å². The molecule has 0 aliphatic carbocycles. The minimum absolute atomic E-state index is 0.0173. The molecule has 70 valence electrons. The standard InChI is InChI=1S/C11H8BrNO/c12-10-5-3-4-9(8-10)11(14)13-6-1-2-7-13/h1-8H. The summed E-state index contributed by atoms with van der Waals surface area (Å²) < 4.78 is 2.47. The lowest BCUT2D eigenvalue weighted by molar-refractivity contribution is 0.0960. The van der Waals surface area contributed by atoms with E-state index >= 15 is 0 Å². The Bertz CT molecular complexity index is 448. The van der Waals surface area contributed by atoms with Crippen LogP contribution in [-0.4, -0.2) is 10.5 Å². The smallest absolute Gasteiger partial charge is 0.261 e. The molecule has 0 N–H and O–H groups in total. The lowest BCUT2D eigenvalue weighted by Crippen LogP contribution is -2.09. The van der Waals surface area contributed by atoms with Gasteiger partial charge < -0.3 is 0 Å². The van der Waals surface area contributed by atoms with Crippen LogP contribution in [0, 0.1) is 0 Å². The molecule has 0 fully saturated rings. The van der Waals surface area contributed by atoms with E-state index in [4.69, 9.17) is 0 Å². The molecule has 0 saturated heterocycles. The Morgan fingerprint density at radius 1 is 1.14 bits per heavy atom. The molecule has 0 atom stereocenters. The van der Waals surface area contributed by atoms with Gasteiger partial charge in [0, 0.05) is 22.4 Å². The van der Waals surface area contributed by atoms with Gasteiger partial charge >= 0.3 is 0 Å². The summed E-state index contributed by atoms with van der Waals surface area (Å²) in [6.07, 6.45) is 3.48. The molecule has 3 heteroatoms. The largest absolute Gasteiger partial charge is 0.291 e. The third kappa shape index (κ3) is 1.77. The summed E-state index contributed by atoms with van der Waals surface area (Å²) in [6.45, 7) is 0. The van der Waals surface area contributed by atoms with Gasteiger partial charge in [-0.2, -0.15) is 0 Å². The van der Waals surface area contributed by atoms with Crippen LogP contribution in [0.2, 0.25) is 0 Å². The van der Waals surface area contributed by atoms with Gasteiger partial charge in [0.15, 0.2) is 0 Å². The highest BCUT2D eigenvalue weighted by molar-refractivity contribution is 9.10. The van der Waals surface area contributed by atoms with Gasteiger partial charge in [-0.3, -0.25) is 9.36 Å². The Kier molecular flexibility index (Phi) is 2.50. The van der Waals surface area contributed by atoms with Crippen LogP contribution in [0.15, 0.2) is 53.3 Å². The number of rotatable bonds is 1. The lowest BCUT2D eigenvalue weighted by Gasteiger charge is -2.01. The fourth-order valence-electron chi connectivity index (χ4n) is 1.24. The molecule has 1 aromatic heterocycles. The van der Waals surface area contributed by atoms with Crippen molar-refractivity contribution in [3.05, 3.63) is 58.8 Å². The Morgan fingerprint density at radius 3 is 2.50 bits per heavy atom. The minimum Gasteiger partial charge on any atom is -0.291 e. The van der Waals surface area contributed by atoms with E-state index in [2.05, 4.69) is 15.9 Å². The highest BCUT2D eigenvalue weighted by Gasteiger charge is 2.06. The molecule has 2 nitrogen and oxygen atoms in total. The van der Waals surface area contributed by atoms with Crippen LogP contribution in [0.4, 0.5) is 0 Å². The van der Waals surface area contributed by atoms with Crippen LogP contribution < -0.4 is 0 Å². The van der Waals surface area contributed by atoms with E-state index in [1.54, 1.807) is 23.0 Å². The van der Waals surface area contributed by atoms with E-state index in [0.29, 0.717) is 5.56 Å². The van der Waals surface area contributed by atoms with Crippen molar-refractivity contribution < 1.29 is 4.79 Å². The molecule has 0 aliphatic rings. The maximum absolute atomic E-state index is 11.8. The van der Waals surface area contributed by atoms with Crippen LogP contribution in [-0.2, 0) is 0 Å². The van der Waals surface area contributed by atoms with E-state index in [1.165, 1.54) is 0 Å². The molecular weight excluding hydrogens is 242 g/mol. The third-order valence-electron chi connectivity index (χ3n) is 1.91. The first-order valence-electron chi connectivity index (χ1n) is 4.20. The number of carbonyl (C=O) groups is 1. The summed E-state index contributed by atoms with van der Waals surface area (Å²) in [7, 11) is 0. The van der Waals surface area contributed by atoms with Gasteiger partial charge in [-0.1, -0.05) is 22.0 Å². The summed E-state index contributed by atoms with van der Waals surface area (Å²) in [5, 5.41) is 0. The highest BCUT2D eigenvalue weighted by Crippen LogP contribution is 2.12. The summed E-state index contributed by atoms with van der Waals surface area (Å²) in [5.74, 6) is -0.0173. The first-order valence-corrected chi connectivity index (χ1v) is 5.00. The van der Waals surface area contributed by atoms with E-state index < -0.39 is 0 Å². The number of halogens is 1. The molecule has 14 heavy (non-hydrogen) atoms. The maximum Gasteiger partial charge on any atom is 0.261 e. The number of hydrogen-bond acceptors (Lipinski definition) is 1. The number of nitrogens with zero attached hydrogens (tertiary/aromatic N) is 1. The summed E-state index contributed by atoms with van der Waals surface area (Å²) in [4.78, 5) is 11.8. The van der Waals surface area contributed by atoms with Gasteiger partial charge in [-0.05, 0) is 30.3 Å². The molecule has 1 heterocycles. The fourth-order valence-corrected chi connectivity index (χ4v) is 1.64. The zero-order valence-corrected chi connectivity index (χ0v) is 8.94. The van der Waals surface area contributed by atoms with Crippen molar-refractivity contribution in [3.8, 4) is 0 Å². The number of benzene rings is 1. The third-order valence-corrected chi connectivity index (χ3v) is 2.40. The van der Waals surface area contributed by atoms with Gasteiger partial charge in [0.05, 0.1) is 0 Å².